The van der Waals surface area contributed by atoms with Gasteiger partial charge in [-0.25, -0.2) is 9.97 Å². The van der Waals surface area contributed by atoms with Crippen molar-refractivity contribution in [3.8, 4) is 10.0 Å². The van der Waals surface area contributed by atoms with E-state index in [0.29, 0.717) is 18.5 Å². The Labute approximate surface area is 143 Å². The van der Waals surface area contributed by atoms with Crippen molar-refractivity contribution in [2.75, 3.05) is 6.61 Å². The van der Waals surface area contributed by atoms with E-state index in [-0.39, 0.29) is 11.6 Å². The molecule has 2 rings (SSSR count). The molecule has 0 saturated carbocycles. The van der Waals surface area contributed by atoms with E-state index >= 15 is 0 Å². The molecule has 7 heteroatoms. The van der Waals surface area contributed by atoms with Crippen LogP contribution in [0.3, 0.4) is 0 Å². The second-order valence-corrected chi connectivity index (χ2v) is 7.14. The molecule has 1 N–H and O–H groups in total. The normalized spacial score (nSPS) is 10.9. The number of ketones is 2. The zero-order chi connectivity index (χ0) is 16.7. The number of hydrogen-bond donors (Lipinski definition) is 1. The van der Waals surface area contributed by atoms with Crippen molar-refractivity contribution in [1.29, 1.82) is 0 Å². The zero-order valence-corrected chi connectivity index (χ0v) is 14.7. The molecule has 0 aliphatic heterocycles. The van der Waals surface area contributed by atoms with Crippen LogP contribution in [-0.2, 0) is 11.2 Å². The third kappa shape index (κ3) is 5.02. The van der Waals surface area contributed by atoms with Crippen molar-refractivity contribution in [2.45, 2.75) is 45.4 Å². The molecule has 0 spiro atoms. The van der Waals surface area contributed by atoms with Gasteiger partial charge in [0.05, 0.1) is 0 Å². The maximum Gasteiger partial charge on any atom is 0.182 e. The fraction of sp³-hybridized carbons (Fsp3) is 0.500. The van der Waals surface area contributed by atoms with Crippen molar-refractivity contribution < 1.29 is 14.7 Å². The number of Topliss-reactive ketones (excluding diaryl/α,β-unsaturated/α-hetero) is 2. The molecule has 5 nitrogen and oxygen atoms in total. The number of hydrogen-bond acceptors (Lipinski definition) is 7. The predicted octanol–water partition coefficient (Wildman–Crippen LogP) is 3.52. The summed E-state index contributed by atoms with van der Waals surface area (Å²) < 4.78 is 0. The van der Waals surface area contributed by atoms with Gasteiger partial charge in [0.25, 0.3) is 0 Å². The summed E-state index contributed by atoms with van der Waals surface area (Å²) in [6, 6.07) is 0. The van der Waals surface area contributed by atoms with Gasteiger partial charge in [-0.1, -0.05) is 13.3 Å². The number of aryl methyl sites for hydroxylation is 1. The van der Waals surface area contributed by atoms with Gasteiger partial charge in [0.2, 0.25) is 0 Å². The van der Waals surface area contributed by atoms with E-state index in [2.05, 4.69) is 9.97 Å². The fourth-order valence-corrected chi connectivity index (χ4v) is 3.91. The third-order valence-corrected chi connectivity index (χ3v) is 5.55. The molecule has 2 heterocycles. The first-order valence-electron chi connectivity index (χ1n) is 7.71. The summed E-state index contributed by atoms with van der Waals surface area (Å²) in [5, 5.41) is 12.2. The largest absolute Gasteiger partial charge is 0.389 e. The average molecular weight is 352 g/mol. The molecule has 124 valence electrons. The van der Waals surface area contributed by atoms with Gasteiger partial charge in [-0.05, 0) is 19.3 Å². The molecule has 0 atom stereocenters. The Bertz CT molecular complexity index is 650. The first-order chi connectivity index (χ1) is 11.2. The van der Waals surface area contributed by atoms with Gasteiger partial charge >= 0.3 is 0 Å². The Hall–Kier alpha value is -1.44. The van der Waals surface area contributed by atoms with Gasteiger partial charge in [-0.3, -0.25) is 9.59 Å². The standard InChI is InChI=1S/C16H20N2O3S2/c1-2-13-14(18-16(23-13)15-17-8-9-22-15)12(21)7-5-3-4-6-11(20)10-19/h8-9,19H,2-7,10H2,1H3. The molecule has 0 bridgehead atoms. The van der Waals surface area contributed by atoms with Crippen LogP contribution >= 0.6 is 22.7 Å². The summed E-state index contributed by atoms with van der Waals surface area (Å²) in [7, 11) is 0. The topological polar surface area (TPSA) is 80.2 Å². The summed E-state index contributed by atoms with van der Waals surface area (Å²) in [5.74, 6) is -0.0772. The van der Waals surface area contributed by atoms with E-state index in [0.717, 1.165) is 40.6 Å². The first-order valence-corrected chi connectivity index (χ1v) is 9.40. The van der Waals surface area contributed by atoms with Crippen molar-refractivity contribution in [1.82, 2.24) is 9.97 Å². The summed E-state index contributed by atoms with van der Waals surface area (Å²) in [6.07, 6.45) is 5.62. The predicted molar refractivity (Wildman–Crippen MR) is 92.1 cm³/mol. The van der Waals surface area contributed by atoms with Gasteiger partial charge in [0.1, 0.15) is 12.3 Å². The maximum atomic E-state index is 12.4. The van der Waals surface area contributed by atoms with Gasteiger partial charge < -0.3 is 5.11 Å². The number of nitrogens with zero attached hydrogens (tertiary/aromatic N) is 2. The maximum absolute atomic E-state index is 12.4. The van der Waals surface area contributed by atoms with E-state index in [9.17, 15) is 9.59 Å². The highest BCUT2D eigenvalue weighted by Crippen LogP contribution is 2.30. The van der Waals surface area contributed by atoms with E-state index in [4.69, 9.17) is 5.11 Å². The van der Waals surface area contributed by atoms with Gasteiger partial charge in [0.15, 0.2) is 21.6 Å². The molecular formula is C16H20N2O3S2. The van der Waals surface area contributed by atoms with E-state index in [1.807, 2.05) is 12.3 Å². The molecule has 0 aliphatic carbocycles. The van der Waals surface area contributed by atoms with Crippen molar-refractivity contribution in [3.63, 3.8) is 0 Å². The van der Waals surface area contributed by atoms with Crippen LogP contribution in [0.25, 0.3) is 10.0 Å². The number of carbonyl (C=O) groups excluding carboxylic acids is 2. The highest BCUT2D eigenvalue weighted by Gasteiger charge is 2.18. The van der Waals surface area contributed by atoms with Crippen LogP contribution in [0.4, 0.5) is 0 Å². The molecule has 0 aliphatic rings. The highest BCUT2D eigenvalue weighted by atomic mass is 32.1. The van der Waals surface area contributed by atoms with Crippen LogP contribution < -0.4 is 0 Å². The van der Waals surface area contributed by atoms with Crippen LogP contribution in [0.15, 0.2) is 11.6 Å². The molecule has 0 fully saturated rings. The highest BCUT2D eigenvalue weighted by molar-refractivity contribution is 7.20. The minimum absolute atomic E-state index is 0.0643. The molecular weight excluding hydrogens is 332 g/mol. The molecule has 2 aromatic heterocycles. The first kappa shape index (κ1) is 17.9. The number of thiazole rings is 2. The van der Waals surface area contributed by atoms with Gasteiger partial charge in [0, 0.05) is 29.3 Å². The summed E-state index contributed by atoms with van der Waals surface area (Å²) in [6.45, 7) is 1.63. The van der Waals surface area contributed by atoms with Crippen LogP contribution in [-0.4, -0.2) is 33.2 Å². The number of carbonyl (C=O) groups is 2. The molecule has 0 unspecified atom stereocenters. The lowest BCUT2D eigenvalue weighted by atomic mass is 10.1. The second kappa shape index (κ2) is 9.00. The summed E-state index contributed by atoms with van der Waals surface area (Å²) >= 11 is 3.06. The number of aliphatic hydroxyl groups excluding tert-OH is 1. The Morgan fingerprint density at radius 3 is 2.61 bits per heavy atom. The molecule has 2 aromatic rings. The van der Waals surface area contributed by atoms with Crippen molar-refractivity contribution in [2.24, 2.45) is 0 Å². The molecule has 0 saturated heterocycles. The zero-order valence-electron chi connectivity index (χ0n) is 13.1. The smallest absolute Gasteiger partial charge is 0.182 e. The fourth-order valence-electron chi connectivity index (χ4n) is 2.21. The quantitative estimate of drug-likeness (QED) is 0.523. The van der Waals surface area contributed by atoms with E-state index in [1.54, 1.807) is 6.20 Å². The average Bonchev–Trinajstić information content (AvgIpc) is 3.22. The Morgan fingerprint density at radius 2 is 1.96 bits per heavy atom. The third-order valence-electron chi connectivity index (χ3n) is 3.43. The van der Waals surface area contributed by atoms with Crippen molar-refractivity contribution in [3.05, 3.63) is 22.1 Å². The van der Waals surface area contributed by atoms with Crippen molar-refractivity contribution >= 4 is 34.2 Å². The molecule has 0 radical (unpaired) electrons. The molecule has 0 aromatic carbocycles. The summed E-state index contributed by atoms with van der Waals surface area (Å²) in [4.78, 5) is 33.1. The Morgan fingerprint density at radius 1 is 1.17 bits per heavy atom. The number of aromatic nitrogens is 2. The number of rotatable bonds is 10. The molecule has 23 heavy (non-hydrogen) atoms. The van der Waals surface area contributed by atoms with Gasteiger partial charge in [-0.15, -0.1) is 22.7 Å². The van der Waals surface area contributed by atoms with E-state index < -0.39 is 6.61 Å². The Kier molecular flexibility index (Phi) is 7.01. The van der Waals surface area contributed by atoms with Crippen LogP contribution in [0.2, 0.25) is 0 Å². The van der Waals surface area contributed by atoms with Crippen LogP contribution in [0, 0.1) is 0 Å². The SMILES string of the molecule is CCc1sc(-c2nccs2)nc1C(=O)CCCCCC(=O)CO. The number of unbranched alkanes of at least 4 members (excludes halogenated alkanes) is 2. The minimum atomic E-state index is -0.392. The Balaban J connectivity index is 1.90. The lowest BCUT2D eigenvalue weighted by Crippen LogP contribution is -2.04. The molecule has 0 amide bonds. The van der Waals surface area contributed by atoms with E-state index in [1.165, 1.54) is 22.7 Å². The van der Waals surface area contributed by atoms with Gasteiger partial charge in [-0.2, -0.15) is 0 Å². The monoisotopic (exact) mass is 352 g/mol. The number of aliphatic hydroxyl groups is 1. The van der Waals surface area contributed by atoms with Crippen LogP contribution in [0.5, 0.6) is 0 Å². The van der Waals surface area contributed by atoms with Crippen LogP contribution in [0.1, 0.15) is 54.4 Å². The minimum Gasteiger partial charge on any atom is -0.389 e. The lowest BCUT2D eigenvalue weighted by molar-refractivity contribution is -0.121. The second-order valence-electron chi connectivity index (χ2n) is 5.16. The summed E-state index contributed by atoms with van der Waals surface area (Å²) in [5.41, 5.74) is 0.578. The lowest BCUT2D eigenvalue weighted by Gasteiger charge is -2.01.